The maximum absolute atomic E-state index is 13.5. The van der Waals surface area contributed by atoms with Crippen molar-refractivity contribution in [1.82, 2.24) is 4.90 Å². The smallest absolute Gasteiger partial charge is 0.308 e. The van der Waals surface area contributed by atoms with Crippen LogP contribution in [0, 0.1) is 25.6 Å². The van der Waals surface area contributed by atoms with Gasteiger partial charge in [-0.3, -0.25) is 9.59 Å². The molecule has 0 aromatic heterocycles. The Morgan fingerprint density at radius 2 is 2.00 bits per heavy atom. The van der Waals surface area contributed by atoms with Gasteiger partial charge >= 0.3 is 5.97 Å². The molecule has 0 radical (unpaired) electrons. The summed E-state index contributed by atoms with van der Waals surface area (Å²) in [5.41, 5.74) is 1.91. The molecule has 0 saturated carbocycles. The number of hydrogen-bond acceptors (Lipinski definition) is 2. The number of carboxylic acid groups (broad SMARTS) is 1. The zero-order valence-electron chi connectivity index (χ0n) is 10.9. The zero-order valence-corrected chi connectivity index (χ0v) is 10.9. The first-order valence-corrected chi connectivity index (χ1v) is 6.14. The van der Waals surface area contributed by atoms with Crippen LogP contribution in [-0.4, -0.2) is 28.4 Å². The molecule has 1 aliphatic rings. The quantitative estimate of drug-likeness (QED) is 0.907. The number of hydrogen-bond donors (Lipinski definition) is 1. The van der Waals surface area contributed by atoms with E-state index in [9.17, 15) is 14.0 Å². The number of aliphatic carboxylic acids is 1. The Labute approximate surface area is 110 Å². The van der Waals surface area contributed by atoms with Crippen molar-refractivity contribution in [3.05, 3.63) is 34.6 Å². The van der Waals surface area contributed by atoms with Gasteiger partial charge in [-0.1, -0.05) is 12.1 Å². The third kappa shape index (κ3) is 2.75. The van der Waals surface area contributed by atoms with Crippen LogP contribution < -0.4 is 0 Å². The maximum Gasteiger partial charge on any atom is 0.308 e. The highest BCUT2D eigenvalue weighted by Gasteiger charge is 2.34. The summed E-state index contributed by atoms with van der Waals surface area (Å²) in [6, 6.07) is 3.40. The van der Waals surface area contributed by atoms with Crippen molar-refractivity contribution in [1.29, 1.82) is 0 Å². The third-order valence-corrected chi connectivity index (χ3v) is 3.43. The van der Waals surface area contributed by atoms with E-state index in [1.54, 1.807) is 26.0 Å². The van der Waals surface area contributed by atoms with Gasteiger partial charge in [0.1, 0.15) is 5.82 Å². The molecule has 4 nitrogen and oxygen atoms in total. The van der Waals surface area contributed by atoms with Gasteiger partial charge < -0.3 is 10.0 Å². The first-order valence-electron chi connectivity index (χ1n) is 6.14. The number of carbonyl (C=O) groups is 2. The van der Waals surface area contributed by atoms with E-state index in [0.717, 1.165) is 5.56 Å². The summed E-state index contributed by atoms with van der Waals surface area (Å²) >= 11 is 0. The Hall–Kier alpha value is -1.91. The van der Waals surface area contributed by atoms with Crippen molar-refractivity contribution in [2.45, 2.75) is 26.8 Å². The van der Waals surface area contributed by atoms with E-state index in [0.29, 0.717) is 17.7 Å². The summed E-state index contributed by atoms with van der Waals surface area (Å²) < 4.78 is 13.5. The lowest BCUT2D eigenvalue weighted by molar-refractivity contribution is -0.141. The van der Waals surface area contributed by atoms with Crippen molar-refractivity contribution < 1.29 is 19.1 Å². The fraction of sp³-hybridized carbons (Fsp3) is 0.429. The number of amides is 1. The number of nitrogens with zero attached hydrogens (tertiary/aromatic N) is 1. The van der Waals surface area contributed by atoms with Gasteiger partial charge in [0, 0.05) is 19.5 Å². The highest BCUT2D eigenvalue weighted by atomic mass is 19.1. The summed E-state index contributed by atoms with van der Waals surface area (Å²) in [6.07, 6.45) is 0.0501. The van der Waals surface area contributed by atoms with Crippen LogP contribution in [-0.2, 0) is 16.1 Å². The summed E-state index contributed by atoms with van der Waals surface area (Å²) in [5, 5.41) is 8.91. The maximum atomic E-state index is 13.5. The van der Waals surface area contributed by atoms with Gasteiger partial charge in [-0.05, 0) is 30.5 Å². The predicted molar refractivity (Wildman–Crippen MR) is 67.0 cm³/mol. The highest BCUT2D eigenvalue weighted by molar-refractivity contribution is 5.86. The summed E-state index contributed by atoms with van der Waals surface area (Å²) in [7, 11) is 0. The fourth-order valence-corrected chi connectivity index (χ4v) is 2.44. The van der Waals surface area contributed by atoms with Crippen LogP contribution in [0.1, 0.15) is 23.1 Å². The van der Waals surface area contributed by atoms with Gasteiger partial charge in [-0.2, -0.15) is 0 Å². The lowest BCUT2D eigenvalue weighted by atomic mass is 10.1. The normalized spacial score (nSPS) is 19.0. The van der Waals surface area contributed by atoms with Gasteiger partial charge in [0.2, 0.25) is 5.91 Å². The van der Waals surface area contributed by atoms with Crippen LogP contribution in [0.5, 0.6) is 0 Å². The minimum atomic E-state index is -0.942. The second-order valence-corrected chi connectivity index (χ2v) is 5.06. The van der Waals surface area contributed by atoms with Crippen LogP contribution in [0.2, 0.25) is 0 Å². The lowest BCUT2D eigenvalue weighted by Crippen LogP contribution is -2.25. The SMILES string of the molecule is Cc1cc(CN2CC(C(=O)O)CC2=O)cc(C)c1F. The van der Waals surface area contributed by atoms with E-state index >= 15 is 0 Å². The molecule has 1 saturated heterocycles. The van der Waals surface area contributed by atoms with Crippen molar-refractivity contribution in [3.63, 3.8) is 0 Å². The molecule has 1 N–H and O–H groups in total. The Bertz CT molecular complexity index is 518. The van der Waals surface area contributed by atoms with Crippen molar-refractivity contribution in [2.75, 3.05) is 6.54 Å². The largest absolute Gasteiger partial charge is 0.481 e. The van der Waals surface area contributed by atoms with Gasteiger partial charge in [-0.25, -0.2) is 4.39 Å². The first-order chi connectivity index (χ1) is 8.88. The van der Waals surface area contributed by atoms with E-state index in [1.807, 2.05) is 0 Å². The molecule has 0 spiro atoms. The molecule has 1 amide bonds. The summed E-state index contributed by atoms with van der Waals surface area (Å²) in [4.78, 5) is 24.1. The van der Waals surface area contributed by atoms with Crippen molar-refractivity contribution in [3.8, 4) is 0 Å². The number of benzene rings is 1. The molecule has 5 heteroatoms. The number of likely N-dealkylation sites (tertiary alicyclic amines) is 1. The zero-order chi connectivity index (χ0) is 14.2. The van der Waals surface area contributed by atoms with E-state index in [4.69, 9.17) is 5.11 Å². The minimum Gasteiger partial charge on any atom is -0.481 e. The second kappa shape index (κ2) is 4.99. The van der Waals surface area contributed by atoms with E-state index in [-0.39, 0.29) is 24.7 Å². The minimum absolute atomic E-state index is 0.0501. The molecule has 0 aliphatic carbocycles. The van der Waals surface area contributed by atoms with Crippen LogP contribution in [0.25, 0.3) is 0 Å². The number of rotatable bonds is 3. The van der Waals surface area contributed by atoms with E-state index < -0.39 is 11.9 Å². The fourth-order valence-electron chi connectivity index (χ4n) is 2.44. The van der Waals surface area contributed by atoms with Gasteiger partial charge in [0.25, 0.3) is 0 Å². The lowest BCUT2D eigenvalue weighted by Gasteiger charge is -2.17. The molecular weight excluding hydrogens is 249 g/mol. The van der Waals surface area contributed by atoms with Crippen LogP contribution in [0.15, 0.2) is 12.1 Å². The Balaban J connectivity index is 2.14. The third-order valence-electron chi connectivity index (χ3n) is 3.43. The number of halogens is 1. The summed E-state index contributed by atoms with van der Waals surface area (Å²) in [5.74, 6) is -1.97. The van der Waals surface area contributed by atoms with Crippen molar-refractivity contribution >= 4 is 11.9 Å². The second-order valence-electron chi connectivity index (χ2n) is 5.06. The molecule has 1 atom stereocenters. The Kier molecular flexibility index (Phi) is 3.55. The van der Waals surface area contributed by atoms with Crippen LogP contribution in [0.3, 0.4) is 0 Å². The molecule has 102 valence electrons. The molecule has 1 aromatic rings. The Morgan fingerprint density at radius 3 is 2.47 bits per heavy atom. The number of carbonyl (C=O) groups excluding carboxylic acids is 1. The van der Waals surface area contributed by atoms with E-state index in [2.05, 4.69) is 0 Å². The van der Waals surface area contributed by atoms with E-state index in [1.165, 1.54) is 4.90 Å². The van der Waals surface area contributed by atoms with Gasteiger partial charge in [0.05, 0.1) is 5.92 Å². The first kappa shape index (κ1) is 13.5. The highest BCUT2D eigenvalue weighted by Crippen LogP contribution is 2.22. The molecule has 19 heavy (non-hydrogen) atoms. The summed E-state index contributed by atoms with van der Waals surface area (Å²) in [6.45, 7) is 3.92. The van der Waals surface area contributed by atoms with Gasteiger partial charge in [-0.15, -0.1) is 0 Å². The molecule has 0 bridgehead atoms. The van der Waals surface area contributed by atoms with Crippen LogP contribution >= 0.6 is 0 Å². The monoisotopic (exact) mass is 265 g/mol. The molecule has 1 aliphatic heterocycles. The Morgan fingerprint density at radius 1 is 1.42 bits per heavy atom. The van der Waals surface area contributed by atoms with Crippen molar-refractivity contribution in [2.24, 2.45) is 5.92 Å². The van der Waals surface area contributed by atoms with Gasteiger partial charge in [0.15, 0.2) is 0 Å². The average Bonchev–Trinajstić information content (AvgIpc) is 2.68. The van der Waals surface area contributed by atoms with Crippen LogP contribution in [0.4, 0.5) is 4.39 Å². The molecule has 1 fully saturated rings. The molecular formula is C14H16FNO3. The molecule has 2 rings (SSSR count). The molecule has 1 aromatic carbocycles. The average molecular weight is 265 g/mol. The number of carboxylic acids is 1. The molecule has 1 heterocycles. The standard InChI is InChI=1S/C14H16FNO3/c1-8-3-10(4-9(2)13(8)15)6-16-7-11(14(18)19)5-12(16)17/h3-4,11H,5-7H2,1-2H3,(H,18,19). The topological polar surface area (TPSA) is 57.6 Å². The number of aryl methyl sites for hydroxylation is 2. The molecule has 1 unspecified atom stereocenters. The predicted octanol–water partition coefficient (Wildman–Crippen LogP) is 1.88.